The Bertz CT molecular complexity index is 426. The second kappa shape index (κ2) is 3.49. The van der Waals surface area contributed by atoms with Crippen LogP contribution in [0.3, 0.4) is 0 Å². The molecule has 0 amide bonds. The normalized spacial score (nSPS) is 10.1. The molecule has 1 aromatic carbocycles. The molecule has 72 valence electrons. The summed E-state index contributed by atoms with van der Waals surface area (Å²) in [7, 11) is 1.55. The maximum Gasteiger partial charge on any atom is 0.127 e. The average Bonchev–Trinajstić information content (AvgIpc) is 2.70. The van der Waals surface area contributed by atoms with E-state index in [1.807, 2.05) is 0 Å². The first kappa shape index (κ1) is 8.74. The predicted molar refractivity (Wildman–Crippen MR) is 50.5 cm³/mol. The summed E-state index contributed by atoms with van der Waals surface area (Å²) >= 11 is 0. The monoisotopic (exact) mass is 192 g/mol. The molecule has 1 aromatic heterocycles. The van der Waals surface area contributed by atoms with E-state index in [2.05, 4.69) is 10.2 Å². The van der Waals surface area contributed by atoms with Gasteiger partial charge in [0.05, 0.1) is 13.3 Å². The van der Waals surface area contributed by atoms with Gasteiger partial charge in [0.1, 0.15) is 11.6 Å². The molecule has 2 aromatic rings. The van der Waals surface area contributed by atoms with E-state index >= 15 is 0 Å². The number of nitrogens with zero attached hydrogens (tertiary/aromatic N) is 1. The smallest absolute Gasteiger partial charge is 0.127 e. The summed E-state index contributed by atoms with van der Waals surface area (Å²) in [6.45, 7) is 0. The van der Waals surface area contributed by atoms with Crippen LogP contribution >= 0.6 is 0 Å². The highest BCUT2D eigenvalue weighted by atomic mass is 19.1. The Morgan fingerprint density at radius 1 is 1.43 bits per heavy atom. The molecule has 0 atom stereocenters. The first-order chi connectivity index (χ1) is 6.81. The fourth-order valence-corrected chi connectivity index (χ4v) is 1.30. The fraction of sp³-hybridized carbons (Fsp3) is 0.100. The third-order valence-electron chi connectivity index (χ3n) is 1.97. The number of ether oxygens (including phenoxy) is 1. The lowest BCUT2D eigenvalue weighted by molar-refractivity contribution is 0.415. The molecule has 0 unspecified atom stereocenters. The lowest BCUT2D eigenvalue weighted by atomic mass is 10.1. The van der Waals surface area contributed by atoms with Crippen molar-refractivity contribution in [3.8, 4) is 16.9 Å². The van der Waals surface area contributed by atoms with Crippen molar-refractivity contribution >= 4 is 0 Å². The minimum Gasteiger partial charge on any atom is -0.496 e. The molecule has 1 heterocycles. The van der Waals surface area contributed by atoms with E-state index in [0.717, 1.165) is 5.56 Å². The number of hydrogen-bond donors (Lipinski definition) is 1. The second-order valence-electron chi connectivity index (χ2n) is 2.83. The number of benzene rings is 1. The average molecular weight is 192 g/mol. The largest absolute Gasteiger partial charge is 0.496 e. The van der Waals surface area contributed by atoms with Gasteiger partial charge in [-0.3, -0.25) is 5.10 Å². The van der Waals surface area contributed by atoms with Crippen LogP contribution in [0.4, 0.5) is 4.39 Å². The Kier molecular flexibility index (Phi) is 2.18. The Morgan fingerprint density at radius 2 is 2.29 bits per heavy atom. The summed E-state index contributed by atoms with van der Waals surface area (Å²) in [6, 6.07) is 4.38. The van der Waals surface area contributed by atoms with Crippen LogP contribution in [0.25, 0.3) is 11.1 Å². The summed E-state index contributed by atoms with van der Waals surface area (Å²) in [5.41, 5.74) is 1.50. The van der Waals surface area contributed by atoms with E-state index in [1.54, 1.807) is 25.6 Å². The van der Waals surface area contributed by atoms with Crippen LogP contribution in [0.5, 0.6) is 5.75 Å². The van der Waals surface area contributed by atoms with Crippen LogP contribution in [0, 0.1) is 5.82 Å². The van der Waals surface area contributed by atoms with Crippen molar-refractivity contribution in [3.63, 3.8) is 0 Å². The van der Waals surface area contributed by atoms with E-state index in [4.69, 9.17) is 4.74 Å². The number of nitrogens with one attached hydrogen (secondary N) is 1. The molecule has 0 aliphatic heterocycles. The first-order valence-corrected chi connectivity index (χ1v) is 4.14. The summed E-state index contributed by atoms with van der Waals surface area (Å²) < 4.78 is 18.1. The number of aromatic amines is 1. The number of H-pyrrole nitrogens is 1. The third kappa shape index (κ3) is 1.46. The van der Waals surface area contributed by atoms with Crippen molar-refractivity contribution in [3.05, 3.63) is 36.4 Å². The molecule has 0 radical (unpaired) electrons. The molecule has 0 saturated heterocycles. The van der Waals surface area contributed by atoms with E-state index < -0.39 is 0 Å². The lowest BCUT2D eigenvalue weighted by Gasteiger charge is -2.05. The Labute approximate surface area is 80.5 Å². The highest BCUT2D eigenvalue weighted by Crippen LogP contribution is 2.29. The maximum atomic E-state index is 13.0. The van der Waals surface area contributed by atoms with Gasteiger partial charge >= 0.3 is 0 Å². The zero-order valence-electron chi connectivity index (χ0n) is 7.62. The van der Waals surface area contributed by atoms with E-state index in [9.17, 15) is 4.39 Å². The van der Waals surface area contributed by atoms with Gasteiger partial charge in [0.15, 0.2) is 0 Å². The summed E-state index contributed by atoms with van der Waals surface area (Å²) in [5, 5.41) is 6.47. The fourth-order valence-electron chi connectivity index (χ4n) is 1.30. The van der Waals surface area contributed by atoms with Gasteiger partial charge in [-0.15, -0.1) is 0 Å². The van der Waals surface area contributed by atoms with E-state index in [1.165, 1.54) is 12.1 Å². The Hall–Kier alpha value is -1.84. The lowest BCUT2D eigenvalue weighted by Crippen LogP contribution is -1.87. The molecule has 3 nitrogen and oxygen atoms in total. The van der Waals surface area contributed by atoms with Gasteiger partial charge in [-0.05, 0) is 18.2 Å². The van der Waals surface area contributed by atoms with Crippen LogP contribution in [-0.4, -0.2) is 17.3 Å². The molecular formula is C10H9FN2O. The molecule has 0 saturated carbocycles. The highest BCUT2D eigenvalue weighted by molar-refractivity contribution is 5.69. The minimum absolute atomic E-state index is 0.290. The van der Waals surface area contributed by atoms with Crippen molar-refractivity contribution < 1.29 is 9.13 Å². The zero-order chi connectivity index (χ0) is 9.97. The van der Waals surface area contributed by atoms with Crippen LogP contribution < -0.4 is 4.74 Å². The van der Waals surface area contributed by atoms with Crippen molar-refractivity contribution in [1.29, 1.82) is 0 Å². The number of methoxy groups -OCH3 is 1. The number of aromatic nitrogens is 2. The Balaban J connectivity index is 2.55. The van der Waals surface area contributed by atoms with Gasteiger partial charge in [0.2, 0.25) is 0 Å². The number of halogens is 1. The molecule has 0 bridgehead atoms. The zero-order valence-corrected chi connectivity index (χ0v) is 7.62. The third-order valence-corrected chi connectivity index (χ3v) is 1.97. The molecule has 1 N–H and O–H groups in total. The van der Waals surface area contributed by atoms with Gasteiger partial charge in [-0.25, -0.2) is 4.39 Å². The van der Waals surface area contributed by atoms with Crippen LogP contribution in [0.15, 0.2) is 30.6 Å². The maximum absolute atomic E-state index is 13.0. The highest BCUT2D eigenvalue weighted by Gasteiger charge is 2.07. The quantitative estimate of drug-likeness (QED) is 0.792. The van der Waals surface area contributed by atoms with Crippen molar-refractivity contribution in [2.75, 3.05) is 7.11 Å². The second-order valence-corrected chi connectivity index (χ2v) is 2.83. The standard InChI is InChI=1S/C10H9FN2O/c1-14-10-3-2-8(11)4-9(10)7-5-12-13-6-7/h2-6H,1H3,(H,12,13). The van der Waals surface area contributed by atoms with Gasteiger partial charge in [-0.1, -0.05) is 0 Å². The summed E-state index contributed by atoms with van der Waals surface area (Å²) in [4.78, 5) is 0. The molecule has 14 heavy (non-hydrogen) atoms. The van der Waals surface area contributed by atoms with Crippen LogP contribution in [0.1, 0.15) is 0 Å². The van der Waals surface area contributed by atoms with Gasteiger partial charge in [0, 0.05) is 17.3 Å². The minimum atomic E-state index is -0.290. The number of rotatable bonds is 2. The van der Waals surface area contributed by atoms with Gasteiger partial charge in [-0.2, -0.15) is 5.10 Å². The van der Waals surface area contributed by atoms with Gasteiger partial charge in [0.25, 0.3) is 0 Å². The predicted octanol–water partition coefficient (Wildman–Crippen LogP) is 2.22. The van der Waals surface area contributed by atoms with E-state index in [0.29, 0.717) is 11.3 Å². The topological polar surface area (TPSA) is 37.9 Å². The Morgan fingerprint density at radius 3 is 2.93 bits per heavy atom. The first-order valence-electron chi connectivity index (χ1n) is 4.14. The van der Waals surface area contributed by atoms with E-state index in [-0.39, 0.29) is 5.82 Å². The molecular weight excluding hydrogens is 183 g/mol. The molecule has 0 aliphatic carbocycles. The summed E-state index contributed by atoms with van der Waals surface area (Å²) in [6.07, 6.45) is 3.31. The molecule has 0 spiro atoms. The molecule has 4 heteroatoms. The van der Waals surface area contributed by atoms with Gasteiger partial charge < -0.3 is 4.74 Å². The molecule has 0 aliphatic rings. The number of hydrogen-bond acceptors (Lipinski definition) is 2. The molecule has 2 rings (SSSR count). The van der Waals surface area contributed by atoms with Crippen molar-refractivity contribution in [1.82, 2.24) is 10.2 Å². The van der Waals surface area contributed by atoms with Crippen LogP contribution in [-0.2, 0) is 0 Å². The molecule has 0 fully saturated rings. The summed E-state index contributed by atoms with van der Waals surface area (Å²) in [5.74, 6) is 0.342. The van der Waals surface area contributed by atoms with Crippen molar-refractivity contribution in [2.45, 2.75) is 0 Å². The van der Waals surface area contributed by atoms with Crippen LogP contribution in [0.2, 0.25) is 0 Å². The van der Waals surface area contributed by atoms with Crippen molar-refractivity contribution in [2.24, 2.45) is 0 Å². The SMILES string of the molecule is COc1ccc(F)cc1-c1cn[nH]c1.